The first-order chi connectivity index (χ1) is 16.2. The van der Waals surface area contributed by atoms with Crippen molar-refractivity contribution in [3.63, 3.8) is 0 Å². The van der Waals surface area contributed by atoms with Gasteiger partial charge in [-0.15, -0.1) is 0 Å². The summed E-state index contributed by atoms with van der Waals surface area (Å²) < 4.78 is 22.4. The average Bonchev–Trinajstić information content (AvgIpc) is 3.09. The molecule has 1 aliphatic heterocycles. The number of benzene rings is 2. The zero-order chi connectivity index (χ0) is 25.0. The minimum Gasteiger partial charge on any atom is -0.507 e. The minimum absolute atomic E-state index is 0.119. The Kier molecular flexibility index (Phi) is 8.10. The lowest BCUT2D eigenvalue weighted by atomic mass is 10.0. The summed E-state index contributed by atoms with van der Waals surface area (Å²) in [6.07, 6.45) is 1.63. The molecule has 0 saturated heterocycles. The monoisotopic (exact) mass is 469 g/mol. The number of ether oxygens (including phenoxy) is 4. The fourth-order valence-electron chi connectivity index (χ4n) is 4.29. The second-order valence-corrected chi connectivity index (χ2v) is 9.29. The number of carbonyl (C=O) groups is 1. The van der Waals surface area contributed by atoms with Crippen LogP contribution in [-0.4, -0.2) is 50.2 Å². The number of phenols is 1. The number of ketones is 1. The van der Waals surface area contributed by atoms with Crippen molar-refractivity contribution in [1.82, 2.24) is 4.90 Å². The molecule has 2 aromatic rings. The maximum atomic E-state index is 13.2. The lowest BCUT2D eigenvalue weighted by molar-refractivity contribution is 0.101. The van der Waals surface area contributed by atoms with Crippen molar-refractivity contribution in [1.29, 1.82) is 0 Å². The van der Waals surface area contributed by atoms with Gasteiger partial charge in [-0.05, 0) is 42.2 Å². The van der Waals surface area contributed by atoms with Crippen LogP contribution in [0.5, 0.6) is 28.7 Å². The zero-order valence-electron chi connectivity index (χ0n) is 21.1. The van der Waals surface area contributed by atoms with Crippen molar-refractivity contribution in [2.24, 2.45) is 11.8 Å². The molecule has 0 bridgehead atoms. The van der Waals surface area contributed by atoms with Gasteiger partial charge in [-0.2, -0.15) is 0 Å². The van der Waals surface area contributed by atoms with E-state index in [0.29, 0.717) is 58.1 Å². The Balaban J connectivity index is 2.00. The van der Waals surface area contributed by atoms with Gasteiger partial charge in [0, 0.05) is 25.2 Å². The third kappa shape index (κ3) is 5.30. The number of rotatable bonds is 10. The van der Waals surface area contributed by atoms with E-state index in [2.05, 4.69) is 32.6 Å². The van der Waals surface area contributed by atoms with E-state index in [1.54, 1.807) is 37.5 Å². The maximum Gasteiger partial charge on any atom is 0.231 e. The number of aromatic hydroxyl groups is 1. The van der Waals surface area contributed by atoms with Crippen LogP contribution >= 0.6 is 0 Å². The first kappa shape index (κ1) is 25.4. The molecule has 34 heavy (non-hydrogen) atoms. The molecule has 7 nitrogen and oxygen atoms in total. The molecule has 3 rings (SSSR count). The van der Waals surface area contributed by atoms with Crippen LogP contribution in [0.25, 0.3) is 6.08 Å². The Morgan fingerprint density at radius 1 is 0.941 bits per heavy atom. The summed E-state index contributed by atoms with van der Waals surface area (Å²) in [6, 6.07) is 6.70. The van der Waals surface area contributed by atoms with Gasteiger partial charge in [-0.3, -0.25) is 9.69 Å². The maximum absolute atomic E-state index is 13.2. The van der Waals surface area contributed by atoms with E-state index >= 15 is 0 Å². The molecule has 1 aliphatic rings. The molecule has 184 valence electrons. The summed E-state index contributed by atoms with van der Waals surface area (Å²) in [5.74, 6) is 2.76. The van der Waals surface area contributed by atoms with Gasteiger partial charge < -0.3 is 24.1 Å². The first-order valence-electron chi connectivity index (χ1n) is 11.5. The number of nitrogens with zero attached hydrogens (tertiary/aromatic N) is 1. The summed E-state index contributed by atoms with van der Waals surface area (Å²) in [5, 5.41) is 10.7. The summed E-state index contributed by atoms with van der Waals surface area (Å²) in [4.78, 5) is 15.5. The summed E-state index contributed by atoms with van der Waals surface area (Å²) >= 11 is 0. The average molecular weight is 470 g/mol. The Morgan fingerprint density at radius 2 is 1.59 bits per heavy atom. The van der Waals surface area contributed by atoms with Crippen LogP contribution in [0, 0.1) is 11.8 Å². The number of hydrogen-bond donors (Lipinski definition) is 1. The highest BCUT2D eigenvalue weighted by Gasteiger charge is 2.32. The fourth-order valence-corrected chi connectivity index (χ4v) is 4.29. The molecule has 0 aromatic heterocycles. The van der Waals surface area contributed by atoms with Gasteiger partial charge in [0.1, 0.15) is 11.5 Å². The smallest absolute Gasteiger partial charge is 0.231 e. The second-order valence-electron chi connectivity index (χ2n) is 9.29. The predicted octanol–water partition coefficient (Wildman–Crippen LogP) is 5.15. The number of Topliss-reactive ketones (excluding diaryl/α,β-unsaturated/α-hetero) is 1. The van der Waals surface area contributed by atoms with E-state index in [-0.39, 0.29) is 17.3 Å². The van der Waals surface area contributed by atoms with E-state index < -0.39 is 0 Å². The molecule has 0 atom stereocenters. The van der Waals surface area contributed by atoms with E-state index in [4.69, 9.17) is 18.9 Å². The van der Waals surface area contributed by atoms with Gasteiger partial charge in [0.25, 0.3) is 0 Å². The third-order valence-corrected chi connectivity index (χ3v) is 5.57. The molecular formula is C27H35NO6. The van der Waals surface area contributed by atoms with E-state index in [1.165, 1.54) is 14.2 Å². The van der Waals surface area contributed by atoms with Crippen molar-refractivity contribution in [3.05, 3.63) is 46.7 Å². The van der Waals surface area contributed by atoms with Crippen LogP contribution in [0.15, 0.2) is 30.0 Å². The van der Waals surface area contributed by atoms with Crippen LogP contribution in [0.3, 0.4) is 0 Å². The zero-order valence-corrected chi connectivity index (χ0v) is 21.1. The van der Waals surface area contributed by atoms with Crippen LogP contribution in [0.4, 0.5) is 0 Å². The molecule has 0 spiro atoms. The minimum atomic E-state index is -0.243. The lowest BCUT2D eigenvalue weighted by Crippen LogP contribution is -2.31. The van der Waals surface area contributed by atoms with Crippen molar-refractivity contribution in [2.75, 3.05) is 34.4 Å². The molecule has 0 aliphatic carbocycles. The predicted molar refractivity (Wildman–Crippen MR) is 132 cm³/mol. The van der Waals surface area contributed by atoms with Crippen molar-refractivity contribution in [3.8, 4) is 28.7 Å². The van der Waals surface area contributed by atoms with Crippen LogP contribution in [0.2, 0.25) is 0 Å². The van der Waals surface area contributed by atoms with Gasteiger partial charge in [-0.1, -0.05) is 27.7 Å². The quantitative estimate of drug-likeness (QED) is 0.482. The highest BCUT2D eigenvalue weighted by Crippen LogP contribution is 2.43. The first-order valence-corrected chi connectivity index (χ1v) is 11.5. The molecule has 7 heteroatoms. The van der Waals surface area contributed by atoms with Crippen molar-refractivity contribution >= 4 is 11.9 Å². The van der Waals surface area contributed by atoms with Crippen molar-refractivity contribution in [2.45, 2.75) is 34.2 Å². The fraction of sp³-hybridized carbons (Fsp3) is 0.444. The molecule has 0 unspecified atom stereocenters. The molecule has 2 aromatic carbocycles. The SMILES string of the molecule is COc1ccc(/C=C2/Oc3c(ccc(O)c3CN(CC(C)C)CC(C)C)C2=O)c(OC)c1OC. The Bertz CT molecular complexity index is 1060. The Labute approximate surface area is 201 Å². The molecule has 0 fully saturated rings. The van der Waals surface area contributed by atoms with Gasteiger partial charge >= 0.3 is 0 Å². The number of phenolic OH excluding ortho intramolecular Hbond substituents is 1. The van der Waals surface area contributed by atoms with Gasteiger partial charge in [0.15, 0.2) is 17.3 Å². The Hall–Kier alpha value is -3.19. The van der Waals surface area contributed by atoms with E-state index in [9.17, 15) is 9.90 Å². The molecule has 1 heterocycles. The number of carbonyl (C=O) groups excluding carboxylic acids is 1. The van der Waals surface area contributed by atoms with Crippen LogP contribution in [0.1, 0.15) is 49.2 Å². The van der Waals surface area contributed by atoms with Crippen LogP contribution < -0.4 is 18.9 Å². The van der Waals surface area contributed by atoms with E-state index in [1.807, 2.05) is 0 Å². The molecule has 0 radical (unpaired) electrons. The largest absolute Gasteiger partial charge is 0.507 e. The van der Waals surface area contributed by atoms with E-state index in [0.717, 1.165) is 13.1 Å². The topological polar surface area (TPSA) is 77.5 Å². The number of hydrogen-bond acceptors (Lipinski definition) is 7. The molecule has 1 N–H and O–H groups in total. The molecule has 0 saturated carbocycles. The normalized spacial score (nSPS) is 14.2. The Morgan fingerprint density at radius 3 is 2.15 bits per heavy atom. The summed E-state index contributed by atoms with van der Waals surface area (Å²) in [6.45, 7) is 10.9. The highest BCUT2D eigenvalue weighted by molar-refractivity contribution is 6.15. The van der Waals surface area contributed by atoms with Crippen molar-refractivity contribution < 1.29 is 28.8 Å². The second kappa shape index (κ2) is 10.8. The molecule has 0 amide bonds. The van der Waals surface area contributed by atoms with Crippen LogP contribution in [-0.2, 0) is 6.54 Å². The highest BCUT2D eigenvalue weighted by atomic mass is 16.5. The number of fused-ring (bicyclic) bond motifs is 1. The standard InChI is InChI=1S/C27H35NO6/c1-16(2)13-28(14-17(3)4)15-20-21(29)10-9-19-24(30)23(34-26(19)20)12-18-8-11-22(31-5)27(33-7)25(18)32-6/h8-12,16-17,29H,13-15H2,1-7H3/b23-12+. The molecular weight excluding hydrogens is 434 g/mol. The lowest BCUT2D eigenvalue weighted by Gasteiger charge is -2.27. The van der Waals surface area contributed by atoms with Gasteiger partial charge in [0.2, 0.25) is 11.5 Å². The third-order valence-electron chi connectivity index (χ3n) is 5.57. The summed E-state index contributed by atoms with van der Waals surface area (Å²) in [7, 11) is 4.60. The number of methoxy groups -OCH3 is 3. The van der Waals surface area contributed by atoms with Gasteiger partial charge in [-0.25, -0.2) is 0 Å². The summed E-state index contributed by atoms with van der Waals surface area (Å²) in [5.41, 5.74) is 1.67. The number of allylic oxidation sites excluding steroid dienone is 1. The van der Waals surface area contributed by atoms with Gasteiger partial charge in [0.05, 0.1) is 32.5 Å².